The van der Waals surface area contributed by atoms with Gasteiger partial charge >= 0.3 is 6.09 Å². The molecule has 108 valence electrons. The Bertz CT molecular complexity index is 698. The molecular weight excluding hydrogens is 282 g/mol. The minimum Gasteiger partial charge on any atom is -0.442 e. The molecule has 6 nitrogen and oxygen atoms in total. The molecule has 0 radical (unpaired) electrons. The summed E-state index contributed by atoms with van der Waals surface area (Å²) in [5.74, 6) is 0. The van der Waals surface area contributed by atoms with E-state index in [1.54, 1.807) is 18.3 Å². The average Bonchev–Trinajstić information content (AvgIpc) is 3.01. The summed E-state index contributed by atoms with van der Waals surface area (Å²) in [5, 5.41) is 10.2. The van der Waals surface area contributed by atoms with Crippen molar-refractivity contribution in [2.24, 2.45) is 5.10 Å². The van der Waals surface area contributed by atoms with Crippen molar-refractivity contribution in [3.05, 3.63) is 41.7 Å². The van der Waals surface area contributed by atoms with Crippen LogP contribution in [0.25, 0.3) is 11.1 Å². The van der Waals surface area contributed by atoms with Gasteiger partial charge in [-0.1, -0.05) is 12.1 Å². The van der Waals surface area contributed by atoms with Crippen LogP contribution in [0.5, 0.6) is 0 Å². The van der Waals surface area contributed by atoms with Crippen molar-refractivity contribution < 1.29 is 18.3 Å². The van der Waals surface area contributed by atoms with Gasteiger partial charge in [0.15, 0.2) is 0 Å². The van der Waals surface area contributed by atoms with Crippen LogP contribution in [0.4, 0.5) is 13.6 Å². The van der Waals surface area contributed by atoms with Gasteiger partial charge in [-0.25, -0.2) is 19.0 Å². The molecule has 21 heavy (non-hydrogen) atoms. The van der Waals surface area contributed by atoms with Crippen LogP contribution in [-0.2, 0) is 4.74 Å². The van der Waals surface area contributed by atoms with Crippen LogP contribution in [0.2, 0.25) is 0 Å². The molecule has 1 aliphatic heterocycles. The number of H-pyrrole nitrogens is 1. The summed E-state index contributed by atoms with van der Waals surface area (Å²) in [6.07, 6.45) is -0.289. The third-order valence-corrected chi connectivity index (χ3v) is 3.05. The first-order valence-electron chi connectivity index (χ1n) is 6.06. The summed E-state index contributed by atoms with van der Waals surface area (Å²) in [5.41, 5.74) is 3.84. The number of hydrogen-bond donors (Lipinski definition) is 2. The number of carbonyl (C=O) groups is 1. The number of aromatic amines is 1. The molecule has 1 aliphatic rings. The van der Waals surface area contributed by atoms with Crippen molar-refractivity contribution in [3.63, 3.8) is 0 Å². The van der Waals surface area contributed by atoms with Gasteiger partial charge in [0.05, 0.1) is 6.20 Å². The van der Waals surface area contributed by atoms with Gasteiger partial charge in [-0.15, -0.1) is 0 Å². The van der Waals surface area contributed by atoms with Crippen molar-refractivity contribution in [2.45, 2.75) is 6.43 Å². The van der Waals surface area contributed by atoms with E-state index in [9.17, 15) is 13.6 Å². The number of carbonyl (C=O) groups excluding carboxylic acids is 1. The number of hydrazone groups is 1. The van der Waals surface area contributed by atoms with Crippen molar-refractivity contribution in [3.8, 4) is 11.1 Å². The molecule has 2 N–H and O–H groups in total. The minimum absolute atomic E-state index is 0.0560. The largest absolute Gasteiger partial charge is 0.442 e. The number of nitrogens with one attached hydrogen (secondary N) is 2. The highest BCUT2D eigenvalue weighted by Crippen LogP contribution is 2.31. The van der Waals surface area contributed by atoms with E-state index in [-0.39, 0.29) is 12.2 Å². The third-order valence-electron chi connectivity index (χ3n) is 3.05. The van der Waals surface area contributed by atoms with Gasteiger partial charge in [0.1, 0.15) is 12.3 Å². The number of halogens is 2. The van der Waals surface area contributed by atoms with E-state index in [4.69, 9.17) is 4.74 Å². The quantitative estimate of drug-likeness (QED) is 0.912. The monoisotopic (exact) mass is 292 g/mol. The van der Waals surface area contributed by atoms with Gasteiger partial charge in [0, 0.05) is 22.9 Å². The van der Waals surface area contributed by atoms with Crippen LogP contribution in [0.3, 0.4) is 0 Å². The van der Waals surface area contributed by atoms with Crippen molar-refractivity contribution in [1.29, 1.82) is 0 Å². The molecule has 1 aromatic carbocycles. The molecular formula is C13H10F2N4O2. The van der Waals surface area contributed by atoms with Gasteiger partial charge in [0.25, 0.3) is 6.43 Å². The molecule has 0 aliphatic carbocycles. The number of benzene rings is 1. The van der Waals surface area contributed by atoms with Crippen LogP contribution in [0, 0.1) is 0 Å². The van der Waals surface area contributed by atoms with Crippen LogP contribution < -0.4 is 5.43 Å². The number of aromatic nitrogens is 2. The lowest BCUT2D eigenvalue weighted by atomic mass is 9.98. The van der Waals surface area contributed by atoms with Gasteiger partial charge in [-0.05, 0) is 11.6 Å². The molecule has 0 unspecified atom stereocenters. The number of cyclic esters (lactones) is 1. The standard InChI is InChI=1S/C13H10F2N4O2/c14-12(15)10-3-7(11-6-21-13(20)19-18-11)1-2-9(10)8-4-16-17-5-8/h1-5,12H,6H2,(H,16,17)(H,19,20). The highest BCUT2D eigenvalue weighted by molar-refractivity contribution is 6.04. The molecule has 0 saturated heterocycles. The fourth-order valence-electron chi connectivity index (χ4n) is 2.04. The Hall–Kier alpha value is -2.77. The normalized spacial score (nSPS) is 14.6. The van der Waals surface area contributed by atoms with Crippen LogP contribution in [0.1, 0.15) is 17.6 Å². The lowest BCUT2D eigenvalue weighted by molar-refractivity contribution is 0.151. The lowest BCUT2D eigenvalue weighted by Gasteiger charge is -2.15. The number of alkyl halides is 2. The Kier molecular flexibility index (Phi) is 3.35. The molecule has 3 rings (SSSR count). The molecule has 0 spiro atoms. The molecule has 2 aromatic rings. The topological polar surface area (TPSA) is 79.4 Å². The zero-order chi connectivity index (χ0) is 14.8. The molecule has 0 saturated carbocycles. The second kappa shape index (κ2) is 5.31. The summed E-state index contributed by atoms with van der Waals surface area (Å²) in [4.78, 5) is 10.9. The number of rotatable bonds is 3. The van der Waals surface area contributed by atoms with E-state index in [2.05, 4.69) is 20.7 Å². The summed E-state index contributed by atoms with van der Waals surface area (Å²) in [6, 6.07) is 4.56. The number of hydrogen-bond acceptors (Lipinski definition) is 4. The van der Waals surface area contributed by atoms with E-state index in [1.807, 2.05) is 0 Å². The Morgan fingerprint density at radius 1 is 1.29 bits per heavy atom. The van der Waals surface area contributed by atoms with Crippen molar-refractivity contribution in [2.75, 3.05) is 6.61 Å². The molecule has 0 atom stereocenters. The lowest BCUT2D eigenvalue weighted by Crippen LogP contribution is -2.30. The maximum absolute atomic E-state index is 13.3. The highest BCUT2D eigenvalue weighted by atomic mass is 19.3. The zero-order valence-corrected chi connectivity index (χ0v) is 10.6. The van der Waals surface area contributed by atoms with Gasteiger partial charge in [-0.3, -0.25) is 5.10 Å². The van der Waals surface area contributed by atoms with E-state index < -0.39 is 12.5 Å². The first-order valence-corrected chi connectivity index (χ1v) is 6.06. The Morgan fingerprint density at radius 2 is 2.14 bits per heavy atom. The average molecular weight is 292 g/mol. The molecule has 0 fully saturated rings. The van der Waals surface area contributed by atoms with E-state index in [0.717, 1.165) is 0 Å². The summed E-state index contributed by atoms with van der Waals surface area (Å²) in [6.45, 7) is -0.0560. The Morgan fingerprint density at radius 3 is 2.76 bits per heavy atom. The van der Waals surface area contributed by atoms with Gasteiger partial charge in [0.2, 0.25) is 0 Å². The fraction of sp³-hybridized carbons (Fsp3) is 0.154. The van der Waals surface area contributed by atoms with Gasteiger partial charge < -0.3 is 4.74 Å². The molecule has 2 heterocycles. The first kappa shape index (κ1) is 13.2. The summed E-state index contributed by atoms with van der Waals surface area (Å²) >= 11 is 0. The molecule has 8 heteroatoms. The minimum atomic E-state index is -2.64. The number of nitrogens with zero attached hydrogens (tertiary/aromatic N) is 2. The molecule has 1 aromatic heterocycles. The number of ether oxygens (including phenoxy) is 1. The predicted molar refractivity (Wildman–Crippen MR) is 70.0 cm³/mol. The first-order chi connectivity index (χ1) is 10.1. The van der Waals surface area contributed by atoms with E-state index in [1.165, 1.54) is 12.3 Å². The summed E-state index contributed by atoms with van der Waals surface area (Å²) in [7, 11) is 0. The van der Waals surface area contributed by atoms with E-state index in [0.29, 0.717) is 22.4 Å². The number of amides is 1. The second-order valence-corrected chi connectivity index (χ2v) is 4.34. The Balaban J connectivity index is 2.02. The Labute approximate surface area is 117 Å². The predicted octanol–water partition coefficient (Wildman–Crippen LogP) is 2.46. The highest BCUT2D eigenvalue weighted by Gasteiger charge is 2.19. The van der Waals surface area contributed by atoms with E-state index >= 15 is 0 Å². The molecule has 1 amide bonds. The SMILES string of the molecule is O=C1NN=C(c2ccc(-c3cn[nH]c3)c(C(F)F)c2)CO1. The van der Waals surface area contributed by atoms with Crippen molar-refractivity contribution in [1.82, 2.24) is 15.6 Å². The smallest absolute Gasteiger partial charge is 0.428 e. The maximum Gasteiger partial charge on any atom is 0.428 e. The van der Waals surface area contributed by atoms with Crippen LogP contribution >= 0.6 is 0 Å². The fourth-order valence-corrected chi connectivity index (χ4v) is 2.04. The molecule has 0 bridgehead atoms. The maximum atomic E-state index is 13.3. The van der Waals surface area contributed by atoms with Crippen LogP contribution in [0.15, 0.2) is 35.7 Å². The zero-order valence-electron chi connectivity index (χ0n) is 10.6. The van der Waals surface area contributed by atoms with Crippen LogP contribution in [-0.4, -0.2) is 28.6 Å². The third kappa shape index (κ3) is 2.60. The van der Waals surface area contributed by atoms with Crippen molar-refractivity contribution >= 4 is 11.8 Å². The summed E-state index contributed by atoms with van der Waals surface area (Å²) < 4.78 is 31.3. The second-order valence-electron chi connectivity index (χ2n) is 4.34. The van der Waals surface area contributed by atoms with Gasteiger partial charge in [-0.2, -0.15) is 10.2 Å².